The minimum absolute atomic E-state index is 0.00245. The van der Waals surface area contributed by atoms with Crippen LogP contribution in [-0.4, -0.2) is 6.29 Å². The van der Waals surface area contributed by atoms with Gasteiger partial charge in [-0.2, -0.15) is 0 Å². The lowest BCUT2D eigenvalue weighted by atomic mass is 10.2. The van der Waals surface area contributed by atoms with Crippen molar-refractivity contribution < 1.29 is 13.9 Å². The fraction of sp³-hybridized carbons (Fsp3) is 0.0588. The van der Waals surface area contributed by atoms with Gasteiger partial charge >= 0.3 is 0 Å². The Morgan fingerprint density at radius 2 is 1.95 bits per heavy atom. The zero-order chi connectivity index (χ0) is 15.5. The molecule has 0 aliphatic heterocycles. The third kappa shape index (κ3) is 2.80. The molecule has 1 aromatic heterocycles. The number of fused-ring (bicyclic) bond motifs is 1. The van der Waals surface area contributed by atoms with Crippen LogP contribution in [0.5, 0.6) is 5.75 Å². The van der Waals surface area contributed by atoms with Gasteiger partial charge in [-0.25, -0.2) is 0 Å². The Morgan fingerprint density at radius 3 is 2.68 bits per heavy atom. The molecule has 0 spiro atoms. The lowest BCUT2D eigenvalue weighted by Crippen LogP contribution is -2.07. The largest absolute Gasteiger partial charge is 0.488 e. The molecule has 4 nitrogen and oxygen atoms in total. The molecule has 3 rings (SSSR count). The van der Waals surface area contributed by atoms with Crippen LogP contribution in [0.3, 0.4) is 0 Å². The number of carbonyl (C=O) groups is 1. The van der Waals surface area contributed by atoms with E-state index in [1.165, 1.54) is 0 Å². The minimum atomic E-state index is -0.355. The molecule has 3 aromatic rings. The number of hydrogen-bond donors (Lipinski definition) is 0. The molecule has 0 N–H and O–H groups in total. The third-order valence-electron chi connectivity index (χ3n) is 3.22. The van der Waals surface area contributed by atoms with Crippen LogP contribution in [0.25, 0.3) is 11.0 Å². The maximum atomic E-state index is 12.0. The molecule has 0 radical (unpaired) electrons. The van der Waals surface area contributed by atoms with E-state index >= 15 is 0 Å². The molecule has 0 unspecified atom stereocenters. The highest BCUT2D eigenvalue weighted by molar-refractivity contribution is 9.10. The van der Waals surface area contributed by atoms with Gasteiger partial charge in [-0.1, -0.05) is 30.3 Å². The Bertz CT molecular complexity index is 884. The van der Waals surface area contributed by atoms with Gasteiger partial charge in [0.2, 0.25) is 5.43 Å². The SMILES string of the molecule is O=Cc1coc2cc(OCc3ccccc3)c(Br)cc2c1=O. The van der Waals surface area contributed by atoms with Crippen LogP contribution in [-0.2, 0) is 6.61 Å². The van der Waals surface area contributed by atoms with Gasteiger partial charge in [0.25, 0.3) is 0 Å². The summed E-state index contributed by atoms with van der Waals surface area (Å²) in [4.78, 5) is 22.8. The molecular weight excluding hydrogens is 348 g/mol. The first kappa shape index (κ1) is 14.5. The number of halogens is 1. The van der Waals surface area contributed by atoms with Crippen molar-refractivity contribution in [3.8, 4) is 5.75 Å². The summed E-state index contributed by atoms with van der Waals surface area (Å²) in [6.07, 6.45) is 1.64. The highest BCUT2D eigenvalue weighted by Crippen LogP contribution is 2.30. The van der Waals surface area contributed by atoms with Crippen LogP contribution >= 0.6 is 15.9 Å². The highest BCUT2D eigenvalue weighted by Gasteiger charge is 2.11. The lowest BCUT2D eigenvalue weighted by molar-refractivity contribution is 0.112. The summed E-state index contributed by atoms with van der Waals surface area (Å²) in [5, 5.41) is 0.337. The van der Waals surface area contributed by atoms with Gasteiger partial charge in [0.1, 0.15) is 24.2 Å². The predicted molar refractivity (Wildman–Crippen MR) is 86.3 cm³/mol. The van der Waals surface area contributed by atoms with Crippen molar-refractivity contribution in [2.24, 2.45) is 0 Å². The summed E-state index contributed by atoms with van der Waals surface area (Å²) < 4.78 is 11.7. The van der Waals surface area contributed by atoms with Gasteiger partial charge in [-0.15, -0.1) is 0 Å². The summed E-state index contributed by atoms with van der Waals surface area (Å²) >= 11 is 3.38. The van der Waals surface area contributed by atoms with Crippen LogP contribution in [0.15, 0.2) is 62.4 Å². The molecule has 0 bridgehead atoms. The van der Waals surface area contributed by atoms with Crippen LogP contribution in [0, 0.1) is 0 Å². The van der Waals surface area contributed by atoms with Crippen molar-refractivity contribution in [3.63, 3.8) is 0 Å². The normalized spacial score (nSPS) is 10.6. The number of rotatable bonds is 4. The maximum absolute atomic E-state index is 12.0. The number of hydrogen-bond acceptors (Lipinski definition) is 4. The van der Waals surface area contributed by atoms with Crippen molar-refractivity contribution >= 4 is 33.2 Å². The van der Waals surface area contributed by atoms with Crippen molar-refractivity contribution in [2.45, 2.75) is 6.61 Å². The topological polar surface area (TPSA) is 56.5 Å². The monoisotopic (exact) mass is 358 g/mol. The zero-order valence-electron chi connectivity index (χ0n) is 11.4. The summed E-state index contributed by atoms with van der Waals surface area (Å²) in [6.45, 7) is 0.404. The molecule has 110 valence electrons. The number of carbonyl (C=O) groups excluding carboxylic acids is 1. The molecule has 22 heavy (non-hydrogen) atoms. The third-order valence-corrected chi connectivity index (χ3v) is 3.84. The molecular formula is C17H11BrO4. The van der Waals surface area contributed by atoms with E-state index in [4.69, 9.17) is 9.15 Å². The standard InChI is InChI=1S/C17H11BrO4/c18-14-6-13-15(22-10-12(8-19)17(13)20)7-16(14)21-9-11-4-2-1-3-5-11/h1-8,10H,9H2. The van der Waals surface area contributed by atoms with Gasteiger partial charge in [0.05, 0.1) is 15.4 Å². The number of aldehydes is 1. The first-order valence-electron chi connectivity index (χ1n) is 6.56. The first-order chi connectivity index (χ1) is 10.7. The Morgan fingerprint density at radius 1 is 1.18 bits per heavy atom. The molecule has 2 aromatic carbocycles. The Kier molecular flexibility index (Phi) is 4.06. The summed E-state index contributed by atoms with van der Waals surface area (Å²) in [7, 11) is 0. The Balaban J connectivity index is 1.96. The van der Waals surface area contributed by atoms with Crippen LogP contribution < -0.4 is 10.2 Å². The number of benzene rings is 2. The number of ether oxygens (including phenoxy) is 1. The molecule has 0 amide bonds. The van der Waals surface area contributed by atoms with E-state index in [9.17, 15) is 9.59 Å². The second-order valence-electron chi connectivity index (χ2n) is 4.69. The van der Waals surface area contributed by atoms with Crippen LogP contribution in [0.2, 0.25) is 0 Å². The molecule has 5 heteroatoms. The second kappa shape index (κ2) is 6.15. The van der Waals surface area contributed by atoms with Crippen molar-refractivity contribution in [3.05, 3.63) is 74.6 Å². The second-order valence-corrected chi connectivity index (χ2v) is 5.55. The van der Waals surface area contributed by atoms with E-state index in [0.29, 0.717) is 34.1 Å². The Hall–Kier alpha value is -2.40. The molecule has 0 aliphatic carbocycles. The maximum Gasteiger partial charge on any atom is 0.203 e. The molecule has 0 aliphatic rings. The van der Waals surface area contributed by atoms with E-state index in [2.05, 4.69) is 15.9 Å². The van der Waals surface area contributed by atoms with Gasteiger partial charge in [0, 0.05) is 6.07 Å². The summed E-state index contributed by atoms with van der Waals surface area (Å²) in [5.74, 6) is 0.568. The lowest BCUT2D eigenvalue weighted by Gasteiger charge is -2.09. The van der Waals surface area contributed by atoms with Crippen molar-refractivity contribution in [1.29, 1.82) is 0 Å². The fourth-order valence-electron chi connectivity index (χ4n) is 2.07. The van der Waals surface area contributed by atoms with Gasteiger partial charge in [-0.05, 0) is 27.6 Å². The van der Waals surface area contributed by atoms with Gasteiger partial charge in [0.15, 0.2) is 6.29 Å². The van der Waals surface area contributed by atoms with E-state index in [-0.39, 0.29) is 11.0 Å². The molecule has 0 saturated heterocycles. The van der Waals surface area contributed by atoms with Crippen molar-refractivity contribution in [2.75, 3.05) is 0 Å². The van der Waals surface area contributed by atoms with Gasteiger partial charge < -0.3 is 9.15 Å². The predicted octanol–water partition coefficient (Wildman–Crippen LogP) is 3.95. The highest BCUT2D eigenvalue weighted by atomic mass is 79.9. The molecule has 0 atom stereocenters. The molecule has 0 fully saturated rings. The van der Waals surface area contributed by atoms with Gasteiger partial charge in [-0.3, -0.25) is 9.59 Å². The fourth-order valence-corrected chi connectivity index (χ4v) is 2.53. The molecule has 0 saturated carbocycles. The van der Waals surface area contributed by atoms with Crippen LogP contribution in [0.1, 0.15) is 15.9 Å². The van der Waals surface area contributed by atoms with E-state index < -0.39 is 0 Å². The molecule has 1 heterocycles. The van der Waals surface area contributed by atoms with Crippen molar-refractivity contribution in [1.82, 2.24) is 0 Å². The minimum Gasteiger partial charge on any atom is -0.488 e. The quantitative estimate of drug-likeness (QED) is 0.662. The first-order valence-corrected chi connectivity index (χ1v) is 7.35. The Labute approximate surface area is 134 Å². The van der Waals surface area contributed by atoms with Crippen LogP contribution in [0.4, 0.5) is 0 Å². The summed E-state index contributed by atoms with van der Waals surface area (Å²) in [6, 6.07) is 13.0. The zero-order valence-corrected chi connectivity index (χ0v) is 13.0. The average molecular weight is 359 g/mol. The van der Waals surface area contributed by atoms with E-state index in [1.54, 1.807) is 12.1 Å². The summed E-state index contributed by atoms with van der Waals surface area (Å²) in [5.41, 5.74) is 1.05. The van der Waals surface area contributed by atoms with E-state index in [1.807, 2.05) is 30.3 Å². The van der Waals surface area contributed by atoms with E-state index in [0.717, 1.165) is 11.8 Å². The average Bonchev–Trinajstić information content (AvgIpc) is 2.55. The smallest absolute Gasteiger partial charge is 0.203 e.